The Morgan fingerprint density at radius 1 is 1.34 bits per heavy atom. The zero-order chi connectivity index (χ0) is 20.8. The Morgan fingerprint density at radius 3 is 2.83 bits per heavy atom. The lowest BCUT2D eigenvalue weighted by molar-refractivity contribution is -0.132. The summed E-state index contributed by atoms with van der Waals surface area (Å²) < 4.78 is 6.68. The molecule has 2 amide bonds. The lowest BCUT2D eigenvalue weighted by Gasteiger charge is -2.17. The normalized spacial score (nSPS) is 13.4. The zero-order valence-corrected chi connectivity index (χ0v) is 17.5. The molecule has 0 unspecified atom stereocenters. The molecule has 0 bridgehead atoms. The Kier molecular flexibility index (Phi) is 7.27. The molecule has 1 fully saturated rings. The van der Waals surface area contributed by atoms with E-state index in [0.717, 1.165) is 12.8 Å². The van der Waals surface area contributed by atoms with Gasteiger partial charge in [-0.25, -0.2) is 4.98 Å². The van der Waals surface area contributed by atoms with Crippen molar-refractivity contribution < 1.29 is 14.3 Å². The van der Waals surface area contributed by atoms with Gasteiger partial charge in [0.05, 0.1) is 23.2 Å². The van der Waals surface area contributed by atoms with Crippen LogP contribution in [0.3, 0.4) is 0 Å². The van der Waals surface area contributed by atoms with E-state index in [1.54, 1.807) is 30.9 Å². The number of hydrogen-bond acceptors (Lipinski definition) is 6. The number of hydrogen-bond donors (Lipinski definition) is 1. The molecule has 1 saturated carbocycles. The van der Waals surface area contributed by atoms with Crippen LogP contribution >= 0.6 is 11.8 Å². The average molecular weight is 419 g/mol. The van der Waals surface area contributed by atoms with E-state index in [9.17, 15) is 14.4 Å². The molecule has 1 aliphatic carbocycles. The molecule has 0 spiro atoms. The third kappa shape index (κ3) is 5.80. The van der Waals surface area contributed by atoms with E-state index in [2.05, 4.69) is 10.3 Å². The molecule has 0 aliphatic heterocycles. The predicted molar refractivity (Wildman–Crippen MR) is 112 cm³/mol. The summed E-state index contributed by atoms with van der Waals surface area (Å²) in [6.07, 6.45) is 2.68. The first kappa shape index (κ1) is 21.3. The number of ether oxygens (including phenoxy) is 1. The lowest BCUT2D eigenvalue weighted by Crippen LogP contribution is -2.39. The van der Waals surface area contributed by atoms with Crippen LogP contribution < -0.4 is 10.9 Å². The van der Waals surface area contributed by atoms with Crippen LogP contribution in [0.4, 0.5) is 0 Å². The maximum atomic E-state index is 12.9. The van der Waals surface area contributed by atoms with Crippen molar-refractivity contribution >= 4 is 34.5 Å². The molecule has 3 rings (SSSR count). The zero-order valence-electron chi connectivity index (χ0n) is 16.7. The van der Waals surface area contributed by atoms with Gasteiger partial charge in [-0.3, -0.25) is 19.0 Å². The SMILES string of the molecule is COCCCn1c(SCC(=O)N(C)CC(=O)NC2CC2)nc2ccccc2c1=O. The number of fused-ring (bicyclic) bond motifs is 1. The number of carbonyl (C=O) groups is 2. The highest BCUT2D eigenvalue weighted by atomic mass is 32.2. The van der Waals surface area contributed by atoms with Crippen LogP contribution in [0.5, 0.6) is 0 Å². The van der Waals surface area contributed by atoms with Gasteiger partial charge in [-0.1, -0.05) is 23.9 Å². The van der Waals surface area contributed by atoms with Crippen LogP contribution in [0.15, 0.2) is 34.2 Å². The minimum absolute atomic E-state index is 0.0295. The number of benzene rings is 1. The van der Waals surface area contributed by atoms with Gasteiger partial charge < -0.3 is 15.0 Å². The van der Waals surface area contributed by atoms with Crippen molar-refractivity contribution in [1.29, 1.82) is 0 Å². The molecular weight excluding hydrogens is 392 g/mol. The number of thioether (sulfide) groups is 1. The molecule has 1 aromatic heterocycles. The molecule has 1 N–H and O–H groups in total. The van der Waals surface area contributed by atoms with Gasteiger partial charge >= 0.3 is 0 Å². The summed E-state index contributed by atoms with van der Waals surface area (Å²) >= 11 is 1.21. The molecule has 1 aliphatic rings. The lowest BCUT2D eigenvalue weighted by atomic mass is 10.2. The fourth-order valence-electron chi connectivity index (χ4n) is 2.86. The van der Waals surface area contributed by atoms with Crippen molar-refractivity contribution in [2.75, 3.05) is 33.1 Å². The van der Waals surface area contributed by atoms with Crippen molar-refractivity contribution in [2.24, 2.45) is 0 Å². The van der Waals surface area contributed by atoms with Crippen molar-refractivity contribution in [1.82, 2.24) is 19.8 Å². The molecule has 29 heavy (non-hydrogen) atoms. The maximum absolute atomic E-state index is 12.9. The molecule has 156 valence electrons. The molecule has 1 aromatic carbocycles. The van der Waals surface area contributed by atoms with E-state index in [4.69, 9.17) is 4.74 Å². The number of carbonyl (C=O) groups excluding carboxylic acids is 2. The van der Waals surface area contributed by atoms with Gasteiger partial charge in [-0.05, 0) is 31.4 Å². The third-order valence-corrected chi connectivity index (χ3v) is 5.59. The van der Waals surface area contributed by atoms with E-state index in [1.807, 2.05) is 12.1 Å². The number of likely N-dealkylation sites (N-methyl/N-ethyl adjacent to an activating group) is 1. The minimum atomic E-state index is -0.188. The van der Waals surface area contributed by atoms with Gasteiger partial charge in [0.25, 0.3) is 5.56 Å². The fraction of sp³-hybridized carbons (Fsp3) is 0.500. The highest BCUT2D eigenvalue weighted by Crippen LogP contribution is 2.19. The third-order valence-electron chi connectivity index (χ3n) is 4.63. The van der Waals surface area contributed by atoms with E-state index in [1.165, 1.54) is 16.7 Å². The average Bonchev–Trinajstić information content (AvgIpc) is 3.51. The standard InChI is InChI=1S/C20H26N4O4S/c1-23(12-17(25)21-14-8-9-14)18(26)13-29-20-22-16-7-4-3-6-15(16)19(27)24(20)10-5-11-28-2/h3-4,6-7,14H,5,8-13H2,1-2H3,(H,21,25). The molecule has 1 heterocycles. The van der Waals surface area contributed by atoms with Gasteiger partial charge in [0.15, 0.2) is 5.16 Å². The summed E-state index contributed by atoms with van der Waals surface area (Å²) in [5, 5.41) is 3.91. The maximum Gasteiger partial charge on any atom is 0.262 e. The summed E-state index contributed by atoms with van der Waals surface area (Å²) in [5.41, 5.74) is 0.478. The smallest absolute Gasteiger partial charge is 0.262 e. The van der Waals surface area contributed by atoms with Crippen molar-refractivity contribution in [3.63, 3.8) is 0 Å². The van der Waals surface area contributed by atoms with Gasteiger partial charge in [-0.15, -0.1) is 0 Å². The van der Waals surface area contributed by atoms with E-state index < -0.39 is 0 Å². The number of methoxy groups -OCH3 is 1. The Bertz CT molecular complexity index is 942. The van der Waals surface area contributed by atoms with Crippen LogP contribution in [0.1, 0.15) is 19.3 Å². The van der Waals surface area contributed by atoms with Gasteiger partial charge in [-0.2, -0.15) is 0 Å². The Morgan fingerprint density at radius 2 is 2.10 bits per heavy atom. The molecule has 0 saturated heterocycles. The molecule has 8 nitrogen and oxygen atoms in total. The largest absolute Gasteiger partial charge is 0.385 e. The molecule has 9 heteroatoms. The van der Waals surface area contributed by atoms with E-state index >= 15 is 0 Å². The number of aromatic nitrogens is 2. The van der Waals surface area contributed by atoms with Crippen LogP contribution in [0.25, 0.3) is 10.9 Å². The summed E-state index contributed by atoms with van der Waals surface area (Å²) in [5.74, 6) is -0.233. The predicted octanol–water partition coefficient (Wildman–Crippen LogP) is 1.26. The van der Waals surface area contributed by atoms with Gasteiger partial charge in [0.2, 0.25) is 11.8 Å². The number of para-hydroxylation sites is 1. The highest BCUT2D eigenvalue weighted by Gasteiger charge is 2.24. The first-order valence-corrected chi connectivity index (χ1v) is 10.6. The van der Waals surface area contributed by atoms with Crippen LogP contribution in [0, 0.1) is 0 Å². The molecule has 0 atom stereocenters. The van der Waals surface area contributed by atoms with Crippen LogP contribution in [-0.4, -0.2) is 65.4 Å². The molecular formula is C20H26N4O4S. The van der Waals surface area contributed by atoms with Crippen molar-refractivity contribution in [3.05, 3.63) is 34.6 Å². The number of amides is 2. The molecule has 0 radical (unpaired) electrons. The van der Waals surface area contributed by atoms with Crippen LogP contribution in [0.2, 0.25) is 0 Å². The van der Waals surface area contributed by atoms with E-state index in [-0.39, 0.29) is 35.7 Å². The number of nitrogens with one attached hydrogen (secondary N) is 1. The number of nitrogens with zero attached hydrogens (tertiary/aromatic N) is 3. The second-order valence-corrected chi connectivity index (χ2v) is 8.04. The second kappa shape index (κ2) is 9.89. The molecule has 2 aromatic rings. The quantitative estimate of drug-likeness (QED) is 0.355. The second-order valence-electron chi connectivity index (χ2n) is 7.09. The summed E-state index contributed by atoms with van der Waals surface area (Å²) in [6, 6.07) is 7.45. The summed E-state index contributed by atoms with van der Waals surface area (Å²) in [7, 11) is 3.22. The summed E-state index contributed by atoms with van der Waals surface area (Å²) in [6.45, 7) is 1.02. The Labute approximate surface area is 173 Å². The first-order valence-electron chi connectivity index (χ1n) is 9.64. The van der Waals surface area contributed by atoms with Crippen molar-refractivity contribution in [3.8, 4) is 0 Å². The van der Waals surface area contributed by atoms with Crippen molar-refractivity contribution in [2.45, 2.75) is 37.0 Å². The van der Waals surface area contributed by atoms with Crippen LogP contribution in [-0.2, 0) is 20.9 Å². The first-order chi connectivity index (χ1) is 14.0. The summed E-state index contributed by atoms with van der Waals surface area (Å²) in [4.78, 5) is 43.2. The van der Waals surface area contributed by atoms with Gasteiger partial charge in [0, 0.05) is 33.4 Å². The number of rotatable bonds is 10. The van der Waals surface area contributed by atoms with Gasteiger partial charge in [0.1, 0.15) is 0 Å². The van der Waals surface area contributed by atoms with E-state index in [0.29, 0.717) is 35.6 Å². The minimum Gasteiger partial charge on any atom is -0.385 e. The highest BCUT2D eigenvalue weighted by molar-refractivity contribution is 7.99. The monoisotopic (exact) mass is 418 g/mol. The Balaban J connectivity index is 1.70. The fourth-order valence-corrected chi connectivity index (χ4v) is 3.83. The topological polar surface area (TPSA) is 93.5 Å². The Hall–Kier alpha value is -2.39.